The first-order chi connectivity index (χ1) is 10.2. The van der Waals surface area contributed by atoms with Crippen molar-refractivity contribution in [2.24, 2.45) is 10.2 Å². The summed E-state index contributed by atoms with van der Waals surface area (Å²) in [7, 11) is 0. The van der Waals surface area contributed by atoms with E-state index in [0.29, 0.717) is 16.5 Å². The lowest BCUT2D eigenvalue weighted by atomic mass is 10.2. The Morgan fingerprint density at radius 1 is 0.905 bits per heavy atom. The average Bonchev–Trinajstić information content (AvgIpc) is 2.89. The molecule has 0 saturated carbocycles. The Balaban J connectivity index is 1.86. The van der Waals surface area contributed by atoms with E-state index in [9.17, 15) is 5.11 Å². The van der Waals surface area contributed by atoms with E-state index in [1.165, 1.54) is 0 Å². The molecule has 4 nitrogen and oxygen atoms in total. The van der Waals surface area contributed by atoms with Crippen LogP contribution in [0.1, 0.15) is 0 Å². The maximum absolute atomic E-state index is 9.77. The molecule has 0 spiro atoms. The van der Waals surface area contributed by atoms with Gasteiger partial charge in [-0.1, -0.05) is 41.9 Å². The van der Waals surface area contributed by atoms with Gasteiger partial charge >= 0.3 is 5.95 Å². The zero-order valence-corrected chi connectivity index (χ0v) is 11.7. The lowest BCUT2D eigenvalue weighted by molar-refractivity contribution is 0.339. The topological polar surface area (TPSA) is 58.1 Å². The van der Waals surface area contributed by atoms with Crippen LogP contribution >= 0.6 is 11.6 Å². The van der Waals surface area contributed by atoms with Crippen LogP contribution in [0.25, 0.3) is 11.3 Å². The lowest BCUT2D eigenvalue weighted by Gasteiger charge is -1.92. The van der Waals surface area contributed by atoms with Crippen molar-refractivity contribution in [3.63, 3.8) is 0 Å². The number of azo groups is 1. The summed E-state index contributed by atoms with van der Waals surface area (Å²) in [6, 6.07) is 18.0. The second-order valence-electron chi connectivity index (χ2n) is 4.34. The molecule has 5 heteroatoms. The smallest absolute Gasteiger partial charge is 0.311 e. The van der Waals surface area contributed by atoms with Crippen molar-refractivity contribution in [3.8, 4) is 17.3 Å². The van der Waals surface area contributed by atoms with Gasteiger partial charge in [0, 0.05) is 16.7 Å². The normalized spacial score (nSPS) is 11.1. The largest absolute Gasteiger partial charge is 0.479 e. The summed E-state index contributed by atoms with van der Waals surface area (Å²) in [6.07, 6.45) is 0. The number of nitrogens with zero attached hydrogens (tertiary/aromatic N) is 2. The predicted molar refractivity (Wildman–Crippen MR) is 81.4 cm³/mol. The van der Waals surface area contributed by atoms with Crippen molar-refractivity contribution in [1.82, 2.24) is 0 Å². The van der Waals surface area contributed by atoms with E-state index >= 15 is 0 Å². The molecule has 1 aromatic heterocycles. The second kappa shape index (κ2) is 5.81. The molecule has 0 unspecified atom stereocenters. The van der Waals surface area contributed by atoms with Crippen LogP contribution in [0.5, 0.6) is 5.95 Å². The molecule has 3 aromatic rings. The Hall–Kier alpha value is -2.59. The molecule has 0 aliphatic heterocycles. The summed E-state index contributed by atoms with van der Waals surface area (Å²) in [4.78, 5) is 0. The van der Waals surface area contributed by atoms with Crippen molar-refractivity contribution in [2.45, 2.75) is 0 Å². The summed E-state index contributed by atoms with van der Waals surface area (Å²) in [5.74, 6) is 0.282. The van der Waals surface area contributed by atoms with Crippen LogP contribution in [-0.2, 0) is 0 Å². The molecule has 21 heavy (non-hydrogen) atoms. The molecule has 0 radical (unpaired) electrons. The van der Waals surface area contributed by atoms with E-state index in [-0.39, 0.29) is 11.6 Å². The zero-order chi connectivity index (χ0) is 14.7. The van der Waals surface area contributed by atoms with Gasteiger partial charge in [-0.25, -0.2) is 0 Å². The molecule has 0 aliphatic rings. The van der Waals surface area contributed by atoms with E-state index in [1.807, 2.05) is 30.3 Å². The Kier molecular flexibility index (Phi) is 3.71. The third-order valence-electron chi connectivity index (χ3n) is 2.85. The summed E-state index contributed by atoms with van der Waals surface area (Å²) in [5.41, 5.74) is 1.78. The van der Waals surface area contributed by atoms with Crippen molar-refractivity contribution < 1.29 is 9.52 Å². The Bertz CT molecular complexity index is 765. The van der Waals surface area contributed by atoms with Gasteiger partial charge in [0.2, 0.25) is 0 Å². The molecule has 104 valence electrons. The zero-order valence-electron chi connectivity index (χ0n) is 10.9. The molecule has 1 N–H and O–H groups in total. The molecular formula is C16H11ClN2O2. The number of rotatable bonds is 3. The van der Waals surface area contributed by atoms with Crippen LogP contribution in [0, 0.1) is 0 Å². The van der Waals surface area contributed by atoms with Gasteiger partial charge in [0.1, 0.15) is 5.76 Å². The molecule has 0 atom stereocenters. The first-order valence-electron chi connectivity index (χ1n) is 6.28. The van der Waals surface area contributed by atoms with Gasteiger partial charge in [-0.3, -0.25) is 0 Å². The number of benzene rings is 2. The highest BCUT2D eigenvalue weighted by atomic mass is 35.5. The van der Waals surface area contributed by atoms with Crippen LogP contribution in [0.4, 0.5) is 11.4 Å². The third-order valence-corrected chi connectivity index (χ3v) is 3.10. The highest BCUT2D eigenvalue weighted by Crippen LogP contribution is 2.36. The van der Waals surface area contributed by atoms with Gasteiger partial charge in [-0.05, 0) is 24.3 Å². The van der Waals surface area contributed by atoms with Gasteiger partial charge in [0.05, 0.1) is 5.69 Å². The second-order valence-corrected chi connectivity index (χ2v) is 4.78. The predicted octanol–water partition coefficient (Wildman–Crippen LogP) is 5.72. The molecule has 2 aromatic carbocycles. The summed E-state index contributed by atoms with van der Waals surface area (Å²) < 4.78 is 5.29. The van der Waals surface area contributed by atoms with Crippen LogP contribution < -0.4 is 0 Å². The van der Waals surface area contributed by atoms with Gasteiger partial charge in [0.25, 0.3) is 0 Å². The van der Waals surface area contributed by atoms with E-state index in [4.69, 9.17) is 16.0 Å². The van der Waals surface area contributed by atoms with E-state index in [2.05, 4.69) is 10.2 Å². The molecular weight excluding hydrogens is 288 g/mol. The van der Waals surface area contributed by atoms with Gasteiger partial charge in [0.15, 0.2) is 5.69 Å². The molecule has 0 aliphatic carbocycles. The summed E-state index contributed by atoms with van der Waals surface area (Å²) in [6.45, 7) is 0. The van der Waals surface area contributed by atoms with Gasteiger partial charge < -0.3 is 9.52 Å². The van der Waals surface area contributed by atoms with Crippen LogP contribution in [0.15, 0.2) is 75.3 Å². The average molecular weight is 299 g/mol. The Morgan fingerprint density at radius 3 is 2.33 bits per heavy atom. The highest BCUT2D eigenvalue weighted by molar-refractivity contribution is 6.30. The fourth-order valence-electron chi connectivity index (χ4n) is 1.81. The molecule has 0 amide bonds. The van der Waals surface area contributed by atoms with Crippen LogP contribution in [-0.4, -0.2) is 5.11 Å². The van der Waals surface area contributed by atoms with E-state index < -0.39 is 0 Å². The van der Waals surface area contributed by atoms with E-state index in [0.717, 1.165) is 5.56 Å². The summed E-state index contributed by atoms with van der Waals surface area (Å²) in [5, 5.41) is 18.4. The number of aromatic hydroxyl groups is 1. The summed E-state index contributed by atoms with van der Waals surface area (Å²) >= 11 is 5.80. The van der Waals surface area contributed by atoms with Crippen molar-refractivity contribution in [3.05, 3.63) is 65.7 Å². The van der Waals surface area contributed by atoms with E-state index in [1.54, 1.807) is 30.3 Å². The fourth-order valence-corrected chi connectivity index (χ4v) is 1.93. The van der Waals surface area contributed by atoms with Gasteiger partial charge in [-0.2, -0.15) is 5.11 Å². The van der Waals surface area contributed by atoms with Crippen molar-refractivity contribution in [1.29, 1.82) is 0 Å². The minimum atomic E-state index is -0.258. The maximum Gasteiger partial charge on any atom is 0.311 e. The van der Waals surface area contributed by atoms with Crippen LogP contribution in [0.2, 0.25) is 5.02 Å². The first kappa shape index (κ1) is 13.4. The number of hydrogen-bond donors (Lipinski definition) is 1. The highest BCUT2D eigenvalue weighted by Gasteiger charge is 2.11. The fraction of sp³-hybridized carbons (Fsp3) is 0. The maximum atomic E-state index is 9.77. The number of furan rings is 1. The molecule has 0 fully saturated rings. The minimum Gasteiger partial charge on any atom is -0.479 e. The lowest BCUT2D eigenvalue weighted by Crippen LogP contribution is -1.69. The van der Waals surface area contributed by atoms with Crippen molar-refractivity contribution in [2.75, 3.05) is 0 Å². The quantitative estimate of drug-likeness (QED) is 0.628. The standard InChI is InChI=1S/C16H11ClN2O2/c17-12-6-8-13(9-7-12)18-19-14-10-15(21-16(14)20)11-4-2-1-3-5-11/h1-10,20H. The monoisotopic (exact) mass is 298 g/mol. The molecule has 0 bridgehead atoms. The number of hydrogen-bond acceptors (Lipinski definition) is 4. The molecule has 1 heterocycles. The molecule has 0 saturated heterocycles. The Labute approximate surface area is 126 Å². The Morgan fingerprint density at radius 2 is 1.62 bits per heavy atom. The minimum absolute atomic E-state index is 0.258. The third kappa shape index (κ3) is 3.12. The number of halogens is 1. The van der Waals surface area contributed by atoms with Gasteiger partial charge in [-0.15, -0.1) is 5.11 Å². The first-order valence-corrected chi connectivity index (χ1v) is 6.66. The van der Waals surface area contributed by atoms with Crippen molar-refractivity contribution >= 4 is 23.0 Å². The molecule has 3 rings (SSSR count). The SMILES string of the molecule is Oc1oc(-c2ccccc2)cc1N=Nc1ccc(Cl)cc1. The van der Waals surface area contributed by atoms with Crippen LogP contribution in [0.3, 0.4) is 0 Å².